The van der Waals surface area contributed by atoms with Crippen LogP contribution in [-0.4, -0.2) is 35.1 Å². The normalized spacial score (nSPS) is 15.7. The topological polar surface area (TPSA) is 119 Å². The van der Waals surface area contributed by atoms with Gasteiger partial charge in [0.05, 0.1) is 12.2 Å². The standard InChI is InChI=1S/C28H30N4O3S/c1-28(2,30)15-25(33)31-22-17-36-24-10-6-5-9-23(24)32(27(22)35)16-18-11-13-19(14-12-18)20-7-3-4-8-21(20)26(29)34/h3-14,22H,15-17,30H2,1-2H3,(H2,29,34)(H,31,33). The van der Waals surface area contributed by atoms with Gasteiger partial charge in [-0.15, -0.1) is 11.8 Å². The molecule has 1 aliphatic rings. The number of anilines is 1. The van der Waals surface area contributed by atoms with E-state index >= 15 is 0 Å². The van der Waals surface area contributed by atoms with Crippen molar-refractivity contribution in [2.45, 2.75) is 43.3 Å². The van der Waals surface area contributed by atoms with Crippen LogP contribution in [0.25, 0.3) is 11.1 Å². The number of hydrogen-bond donors (Lipinski definition) is 3. The van der Waals surface area contributed by atoms with Crippen LogP contribution in [0.2, 0.25) is 0 Å². The summed E-state index contributed by atoms with van der Waals surface area (Å²) in [7, 11) is 0. The minimum Gasteiger partial charge on any atom is -0.366 e. The van der Waals surface area contributed by atoms with Crippen LogP contribution in [0, 0.1) is 0 Å². The van der Waals surface area contributed by atoms with E-state index in [2.05, 4.69) is 5.32 Å². The molecule has 0 spiro atoms. The Morgan fingerprint density at radius 3 is 2.39 bits per heavy atom. The third-order valence-electron chi connectivity index (χ3n) is 5.88. The first-order valence-electron chi connectivity index (χ1n) is 11.7. The highest BCUT2D eigenvalue weighted by Crippen LogP contribution is 2.35. The summed E-state index contributed by atoms with van der Waals surface area (Å²) in [5.74, 6) is -0.458. The van der Waals surface area contributed by atoms with Crippen LogP contribution in [-0.2, 0) is 16.1 Å². The number of carbonyl (C=O) groups excluding carboxylic acids is 3. The molecule has 0 aliphatic carbocycles. The van der Waals surface area contributed by atoms with E-state index in [0.717, 1.165) is 27.3 Å². The number of fused-ring (bicyclic) bond motifs is 1. The van der Waals surface area contributed by atoms with Gasteiger partial charge in [-0.1, -0.05) is 54.6 Å². The van der Waals surface area contributed by atoms with Crippen LogP contribution in [0.1, 0.15) is 36.2 Å². The molecule has 0 radical (unpaired) electrons. The van der Waals surface area contributed by atoms with Gasteiger partial charge < -0.3 is 21.7 Å². The predicted octanol–water partition coefficient (Wildman–Crippen LogP) is 3.70. The van der Waals surface area contributed by atoms with Crippen molar-refractivity contribution in [1.29, 1.82) is 0 Å². The lowest BCUT2D eigenvalue weighted by molar-refractivity contribution is -0.127. The lowest BCUT2D eigenvalue weighted by Crippen LogP contribution is -2.51. The average molecular weight is 503 g/mol. The summed E-state index contributed by atoms with van der Waals surface area (Å²) in [4.78, 5) is 40.7. The van der Waals surface area contributed by atoms with E-state index in [1.54, 1.807) is 42.6 Å². The molecule has 3 aromatic carbocycles. The number of rotatable bonds is 7. The Balaban J connectivity index is 1.59. The number of benzene rings is 3. The molecule has 1 heterocycles. The molecule has 5 N–H and O–H groups in total. The lowest BCUT2D eigenvalue weighted by atomic mass is 9.98. The molecule has 0 saturated carbocycles. The number of thioether (sulfide) groups is 1. The van der Waals surface area contributed by atoms with Gasteiger partial charge in [0.1, 0.15) is 6.04 Å². The summed E-state index contributed by atoms with van der Waals surface area (Å²) >= 11 is 1.55. The number of hydrogen-bond acceptors (Lipinski definition) is 5. The number of carbonyl (C=O) groups is 3. The van der Waals surface area contributed by atoms with E-state index in [-0.39, 0.29) is 18.2 Å². The SMILES string of the molecule is CC(C)(N)CC(=O)NC1CSc2ccccc2N(Cc2ccc(-c3ccccc3C(N)=O)cc2)C1=O. The number of nitrogens with one attached hydrogen (secondary N) is 1. The maximum absolute atomic E-state index is 13.6. The second-order valence-corrected chi connectivity index (χ2v) is 10.7. The van der Waals surface area contributed by atoms with Crippen molar-refractivity contribution in [3.05, 3.63) is 83.9 Å². The Labute approximate surface area is 215 Å². The number of nitrogens with zero attached hydrogens (tertiary/aromatic N) is 1. The van der Waals surface area contributed by atoms with E-state index < -0.39 is 17.5 Å². The smallest absolute Gasteiger partial charge is 0.250 e. The average Bonchev–Trinajstić information content (AvgIpc) is 2.96. The number of amides is 3. The van der Waals surface area contributed by atoms with Gasteiger partial charge in [-0.2, -0.15) is 0 Å². The maximum atomic E-state index is 13.6. The summed E-state index contributed by atoms with van der Waals surface area (Å²) < 4.78 is 0. The van der Waals surface area contributed by atoms with Crippen LogP contribution >= 0.6 is 11.8 Å². The molecule has 8 heteroatoms. The molecule has 0 fully saturated rings. The van der Waals surface area contributed by atoms with Gasteiger partial charge in [-0.3, -0.25) is 14.4 Å². The van der Waals surface area contributed by atoms with E-state index in [1.807, 2.05) is 60.7 Å². The molecular formula is C28H30N4O3S. The van der Waals surface area contributed by atoms with Gasteiger partial charge >= 0.3 is 0 Å². The summed E-state index contributed by atoms with van der Waals surface area (Å²) in [5, 5.41) is 2.89. The Morgan fingerprint density at radius 1 is 1.03 bits per heavy atom. The van der Waals surface area contributed by atoms with Crippen molar-refractivity contribution < 1.29 is 14.4 Å². The fourth-order valence-corrected chi connectivity index (χ4v) is 5.27. The maximum Gasteiger partial charge on any atom is 0.250 e. The zero-order valence-corrected chi connectivity index (χ0v) is 21.2. The van der Waals surface area contributed by atoms with Gasteiger partial charge in [-0.05, 0) is 48.7 Å². The first-order valence-corrected chi connectivity index (χ1v) is 12.7. The number of para-hydroxylation sites is 1. The van der Waals surface area contributed by atoms with Gasteiger partial charge in [0.2, 0.25) is 11.8 Å². The molecule has 0 aromatic heterocycles. The van der Waals surface area contributed by atoms with E-state index in [9.17, 15) is 14.4 Å². The van der Waals surface area contributed by atoms with Crippen LogP contribution in [0.3, 0.4) is 0 Å². The molecule has 3 aromatic rings. The predicted molar refractivity (Wildman–Crippen MR) is 144 cm³/mol. The molecule has 1 unspecified atom stereocenters. The summed E-state index contributed by atoms with van der Waals surface area (Å²) in [6, 6.07) is 22.0. The largest absolute Gasteiger partial charge is 0.366 e. The first kappa shape index (κ1) is 25.5. The number of primary amides is 1. The molecule has 3 amide bonds. The van der Waals surface area contributed by atoms with Gasteiger partial charge in [0.25, 0.3) is 5.91 Å². The minimum absolute atomic E-state index is 0.128. The Hall–Kier alpha value is -3.62. The molecule has 1 atom stereocenters. The number of nitrogens with two attached hydrogens (primary N) is 2. The van der Waals surface area contributed by atoms with Gasteiger partial charge in [0, 0.05) is 28.2 Å². The summed E-state index contributed by atoms with van der Waals surface area (Å²) in [5.41, 5.74) is 14.7. The van der Waals surface area contributed by atoms with Gasteiger partial charge in [0.15, 0.2) is 0 Å². The molecule has 0 bridgehead atoms. The van der Waals surface area contributed by atoms with E-state index in [0.29, 0.717) is 17.9 Å². The molecule has 1 aliphatic heterocycles. The van der Waals surface area contributed by atoms with Crippen LogP contribution < -0.4 is 21.7 Å². The minimum atomic E-state index is -0.668. The quantitative estimate of drug-likeness (QED) is 0.455. The highest BCUT2D eigenvalue weighted by Gasteiger charge is 2.32. The second-order valence-electron chi connectivity index (χ2n) is 9.60. The van der Waals surface area contributed by atoms with Crippen molar-refractivity contribution in [3.8, 4) is 11.1 Å². The molecule has 0 saturated heterocycles. The fourth-order valence-electron chi connectivity index (χ4n) is 4.20. The first-order chi connectivity index (χ1) is 17.1. The van der Waals surface area contributed by atoms with Gasteiger partial charge in [-0.25, -0.2) is 0 Å². The molecule has 4 rings (SSSR count). The molecule has 36 heavy (non-hydrogen) atoms. The fraction of sp³-hybridized carbons (Fsp3) is 0.250. The zero-order valence-electron chi connectivity index (χ0n) is 20.4. The van der Waals surface area contributed by atoms with Crippen LogP contribution in [0.4, 0.5) is 5.69 Å². The van der Waals surface area contributed by atoms with Crippen LogP contribution in [0.5, 0.6) is 0 Å². The Bertz CT molecular complexity index is 1280. The van der Waals surface area contributed by atoms with Crippen molar-refractivity contribution >= 4 is 35.2 Å². The second kappa shape index (κ2) is 10.6. The Kier molecular flexibility index (Phi) is 7.47. The van der Waals surface area contributed by atoms with Crippen molar-refractivity contribution in [1.82, 2.24) is 5.32 Å². The molecule has 186 valence electrons. The van der Waals surface area contributed by atoms with E-state index in [1.165, 1.54) is 0 Å². The highest BCUT2D eigenvalue weighted by atomic mass is 32.2. The summed E-state index contributed by atoms with van der Waals surface area (Å²) in [6.07, 6.45) is 0.128. The monoisotopic (exact) mass is 502 g/mol. The zero-order chi connectivity index (χ0) is 25.9. The lowest BCUT2D eigenvalue weighted by Gasteiger charge is -2.27. The summed E-state index contributed by atoms with van der Waals surface area (Å²) in [6.45, 7) is 3.90. The highest BCUT2D eigenvalue weighted by molar-refractivity contribution is 7.99. The third-order valence-corrected chi connectivity index (χ3v) is 7.03. The van der Waals surface area contributed by atoms with E-state index in [4.69, 9.17) is 11.5 Å². The van der Waals surface area contributed by atoms with Crippen molar-refractivity contribution in [2.75, 3.05) is 10.7 Å². The molecule has 7 nitrogen and oxygen atoms in total. The van der Waals surface area contributed by atoms with Crippen LogP contribution in [0.15, 0.2) is 77.7 Å². The van der Waals surface area contributed by atoms with Crippen molar-refractivity contribution in [2.24, 2.45) is 11.5 Å². The Morgan fingerprint density at radius 2 is 1.69 bits per heavy atom. The third kappa shape index (κ3) is 5.95. The van der Waals surface area contributed by atoms with Crippen molar-refractivity contribution in [3.63, 3.8) is 0 Å². The molecular weight excluding hydrogens is 472 g/mol.